The minimum atomic E-state index is -0.120. The smallest absolute Gasteiger partial charge is 0.263 e. The van der Waals surface area contributed by atoms with Crippen LogP contribution in [0, 0.1) is 12.8 Å². The number of carbonyl (C=O) groups excluding carboxylic acids is 1. The molecule has 31 heavy (non-hydrogen) atoms. The van der Waals surface area contributed by atoms with Gasteiger partial charge in [0.1, 0.15) is 4.88 Å². The van der Waals surface area contributed by atoms with E-state index in [-0.39, 0.29) is 11.8 Å². The highest BCUT2D eigenvalue weighted by Crippen LogP contribution is 2.45. The van der Waals surface area contributed by atoms with Gasteiger partial charge in [-0.05, 0) is 36.8 Å². The molecule has 7 heteroatoms. The van der Waals surface area contributed by atoms with E-state index in [0.717, 1.165) is 11.3 Å². The summed E-state index contributed by atoms with van der Waals surface area (Å²) >= 11 is 1.34. The van der Waals surface area contributed by atoms with Gasteiger partial charge in [0.25, 0.3) is 5.91 Å². The van der Waals surface area contributed by atoms with E-state index in [1.165, 1.54) is 29.7 Å². The fourth-order valence-electron chi connectivity index (χ4n) is 3.84. The van der Waals surface area contributed by atoms with Gasteiger partial charge in [-0.15, -0.1) is 5.10 Å². The second-order valence-corrected chi connectivity index (χ2v) is 8.87. The van der Waals surface area contributed by atoms with Gasteiger partial charge in [0.2, 0.25) is 5.13 Å². The van der Waals surface area contributed by atoms with Crippen LogP contribution in [0.25, 0.3) is 5.13 Å². The van der Waals surface area contributed by atoms with Crippen LogP contribution < -0.4 is 5.32 Å². The normalized spacial score (nSPS) is 14.4. The summed E-state index contributed by atoms with van der Waals surface area (Å²) in [6, 6.07) is 20.4. The molecule has 1 fully saturated rings. The van der Waals surface area contributed by atoms with Crippen molar-refractivity contribution < 1.29 is 4.79 Å². The molecule has 1 aliphatic carbocycles. The average molecular weight is 430 g/mol. The molecule has 2 heterocycles. The number of carbonyl (C=O) groups is 1. The molecule has 1 amide bonds. The van der Waals surface area contributed by atoms with E-state index in [2.05, 4.69) is 44.9 Å². The third kappa shape index (κ3) is 4.27. The number of amides is 1. The summed E-state index contributed by atoms with van der Waals surface area (Å²) in [4.78, 5) is 17.9. The summed E-state index contributed by atoms with van der Waals surface area (Å²) in [7, 11) is 0. The minimum absolute atomic E-state index is 0.120. The zero-order chi connectivity index (χ0) is 21.2. The van der Waals surface area contributed by atoms with Crippen molar-refractivity contribution in [1.82, 2.24) is 25.3 Å². The van der Waals surface area contributed by atoms with E-state index in [4.69, 9.17) is 0 Å². The summed E-state index contributed by atoms with van der Waals surface area (Å²) in [6.45, 7) is 2.34. The first-order valence-electron chi connectivity index (χ1n) is 10.5. The van der Waals surface area contributed by atoms with Crippen LogP contribution in [-0.2, 0) is 6.54 Å². The molecule has 1 saturated carbocycles. The summed E-state index contributed by atoms with van der Waals surface area (Å²) in [5.41, 5.74) is 3.99. The van der Waals surface area contributed by atoms with Crippen molar-refractivity contribution in [3.63, 3.8) is 0 Å². The predicted molar refractivity (Wildman–Crippen MR) is 120 cm³/mol. The fourth-order valence-corrected chi connectivity index (χ4v) is 4.74. The van der Waals surface area contributed by atoms with Gasteiger partial charge in [-0.1, -0.05) is 77.2 Å². The van der Waals surface area contributed by atoms with Crippen LogP contribution in [0.1, 0.15) is 50.9 Å². The molecule has 156 valence electrons. The Morgan fingerprint density at radius 3 is 2.55 bits per heavy atom. The van der Waals surface area contributed by atoms with Gasteiger partial charge in [-0.2, -0.15) is 4.68 Å². The lowest BCUT2D eigenvalue weighted by molar-refractivity contribution is 0.0954. The van der Waals surface area contributed by atoms with E-state index in [1.807, 2.05) is 49.5 Å². The Hall–Kier alpha value is -3.32. The molecule has 0 bridgehead atoms. The van der Waals surface area contributed by atoms with Gasteiger partial charge >= 0.3 is 0 Å². The zero-order valence-electron chi connectivity index (χ0n) is 17.2. The van der Waals surface area contributed by atoms with E-state index in [0.29, 0.717) is 28.2 Å². The minimum Gasteiger partial charge on any atom is -0.347 e. The van der Waals surface area contributed by atoms with Crippen molar-refractivity contribution in [1.29, 1.82) is 0 Å². The van der Waals surface area contributed by atoms with Gasteiger partial charge < -0.3 is 5.32 Å². The third-order valence-electron chi connectivity index (χ3n) is 5.57. The highest BCUT2D eigenvalue weighted by molar-refractivity contribution is 7.16. The van der Waals surface area contributed by atoms with Gasteiger partial charge in [0.05, 0.1) is 17.6 Å². The molecule has 0 aliphatic heterocycles. The van der Waals surface area contributed by atoms with Crippen molar-refractivity contribution in [2.24, 2.45) is 5.92 Å². The molecule has 1 atom stereocenters. The lowest BCUT2D eigenvalue weighted by Crippen LogP contribution is -2.22. The molecule has 6 nitrogen and oxygen atoms in total. The highest BCUT2D eigenvalue weighted by atomic mass is 32.1. The predicted octanol–water partition coefficient (Wildman–Crippen LogP) is 4.50. The maximum absolute atomic E-state index is 12.7. The standard InChI is InChI=1S/C24H23N5OS/c1-16-22(23(30)25-14-17-8-4-2-5-9-17)31-24(26-16)29-15-20(27-28-29)21(19-12-13-19)18-10-6-3-7-11-18/h2-11,15,19,21H,12-14H2,1H3,(H,25,30). The first-order chi connectivity index (χ1) is 15.2. The van der Waals surface area contributed by atoms with Crippen LogP contribution in [0.2, 0.25) is 0 Å². The lowest BCUT2D eigenvalue weighted by Gasteiger charge is -2.13. The quantitative estimate of drug-likeness (QED) is 0.469. The molecule has 5 rings (SSSR count). The summed E-state index contributed by atoms with van der Waals surface area (Å²) in [5, 5.41) is 12.4. The number of hydrogen-bond acceptors (Lipinski definition) is 5. The number of rotatable bonds is 7. The van der Waals surface area contributed by atoms with Crippen molar-refractivity contribution in [3.05, 3.63) is 94.3 Å². The first kappa shape index (κ1) is 19.6. The van der Waals surface area contributed by atoms with Gasteiger partial charge in [0, 0.05) is 12.5 Å². The molecular formula is C24H23N5OS. The van der Waals surface area contributed by atoms with E-state index in [1.54, 1.807) is 4.68 Å². The third-order valence-corrected chi connectivity index (χ3v) is 6.71. The molecule has 1 N–H and O–H groups in total. The second kappa shape index (κ2) is 8.43. The van der Waals surface area contributed by atoms with Crippen molar-refractivity contribution in [2.75, 3.05) is 0 Å². The Morgan fingerprint density at radius 2 is 1.84 bits per heavy atom. The first-order valence-corrected chi connectivity index (χ1v) is 11.3. The monoisotopic (exact) mass is 429 g/mol. The second-order valence-electron chi connectivity index (χ2n) is 7.89. The number of aromatic nitrogens is 4. The molecule has 0 radical (unpaired) electrons. The molecule has 2 aromatic heterocycles. The average Bonchev–Trinajstić information content (AvgIpc) is 3.37. The Morgan fingerprint density at radius 1 is 1.13 bits per heavy atom. The number of aryl methyl sites for hydroxylation is 1. The molecule has 1 aliphatic rings. The van der Waals surface area contributed by atoms with Crippen molar-refractivity contribution >= 4 is 17.2 Å². The number of benzene rings is 2. The highest BCUT2D eigenvalue weighted by Gasteiger charge is 2.35. The van der Waals surface area contributed by atoms with Crippen molar-refractivity contribution in [3.8, 4) is 5.13 Å². The zero-order valence-corrected chi connectivity index (χ0v) is 18.0. The maximum Gasteiger partial charge on any atom is 0.263 e. The Labute approximate surface area is 185 Å². The number of hydrogen-bond donors (Lipinski definition) is 1. The maximum atomic E-state index is 12.7. The van der Waals surface area contributed by atoms with Gasteiger partial charge in [-0.25, -0.2) is 4.98 Å². The number of thiazole rings is 1. The van der Waals surface area contributed by atoms with E-state index in [9.17, 15) is 4.79 Å². The Bertz CT molecular complexity index is 1180. The van der Waals surface area contributed by atoms with Crippen LogP contribution >= 0.6 is 11.3 Å². The molecule has 0 spiro atoms. The van der Waals surface area contributed by atoms with E-state index >= 15 is 0 Å². The largest absolute Gasteiger partial charge is 0.347 e. The molecular weight excluding hydrogens is 406 g/mol. The van der Waals surface area contributed by atoms with E-state index < -0.39 is 0 Å². The summed E-state index contributed by atoms with van der Waals surface area (Å²) < 4.78 is 1.69. The van der Waals surface area contributed by atoms with Crippen LogP contribution in [0.5, 0.6) is 0 Å². The topological polar surface area (TPSA) is 72.7 Å². The van der Waals surface area contributed by atoms with Crippen LogP contribution in [-0.4, -0.2) is 25.9 Å². The summed E-state index contributed by atoms with van der Waals surface area (Å²) in [5.74, 6) is 0.750. The van der Waals surface area contributed by atoms with Crippen LogP contribution in [0.3, 0.4) is 0 Å². The fraction of sp³-hybridized carbons (Fsp3) is 0.250. The Kier molecular flexibility index (Phi) is 5.34. The molecule has 4 aromatic rings. The van der Waals surface area contributed by atoms with Crippen LogP contribution in [0.15, 0.2) is 66.9 Å². The molecule has 1 unspecified atom stereocenters. The lowest BCUT2D eigenvalue weighted by atomic mass is 9.91. The number of nitrogens with one attached hydrogen (secondary N) is 1. The van der Waals surface area contributed by atoms with Gasteiger partial charge in [-0.3, -0.25) is 4.79 Å². The van der Waals surface area contributed by atoms with Gasteiger partial charge in [0.15, 0.2) is 0 Å². The van der Waals surface area contributed by atoms with Crippen LogP contribution in [0.4, 0.5) is 0 Å². The van der Waals surface area contributed by atoms with Crippen molar-refractivity contribution in [2.45, 2.75) is 32.2 Å². The Balaban J connectivity index is 1.35. The molecule has 2 aromatic carbocycles. The molecule has 0 saturated heterocycles. The SMILES string of the molecule is Cc1nc(-n2cc(C(c3ccccc3)C3CC3)nn2)sc1C(=O)NCc1ccccc1. The number of nitrogens with zero attached hydrogens (tertiary/aromatic N) is 4. The summed E-state index contributed by atoms with van der Waals surface area (Å²) in [6.07, 6.45) is 4.39.